The molecule has 35 heavy (non-hydrogen) atoms. The first kappa shape index (κ1) is 22.7. The molecule has 2 saturated heterocycles. The Labute approximate surface area is 204 Å². The molecule has 1 aromatic heterocycles. The second kappa shape index (κ2) is 9.29. The van der Waals surface area contributed by atoms with Crippen LogP contribution in [0.1, 0.15) is 28.8 Å². The number of nitrogen functional groups attached to an aromatic ring is 1. The van der Waals surface area contributed by atoms with E-state index >= 15 is 0 Å². The van der Waals surface area contributed by atoms with Gasteiger partial charge < -0.3 is 26.0 Å². The van der Waals surface area contributed by atoms with Crippen LogP contribution in [-0.4, -0.2) is 52.7 Å². The number of nitrogens with one attached hydrogen (secondary N) is 1. The number of amides is 2. The minimum absolute atomic E-state index is 0.0752. The number of carbonyl (C=O) groups is 2. The highest BCUT2D eigenvalue weighted by Gasteiger charge is 2.52. The van der Waals surface area contributed by atoms with Crippen molar-refractivity contribution >= 4 is 29.2 Å². The number of nitrogens with zero attached hydrogens (tertiary/aromatic N) is 3. The SMILES string of the molecule is Nc1ccccc1NC(=O)c1ccc(N2CCC3(CCN(C(=O)O)C3Cc3ccccc3)C2)nc1. The van der Waals surface area contributed by atoms with Gasteiger partial charge in [0, 0.05) is 37.3 Å². The summed E-state index contributed by atoms with van der Waals surface area (Å²) in [5, 5.41) is 12.7. The van der Waals surface area contributed by atoms with Crippen molar-refractivity contribution < 1.29 is 14.7 Å². The largest absolute Gasteiger partial charge is 0.465 e. The lowest BCUT2D eigenvalue weighted by Crippen LogP contribution is -2.45. The molecule has 3 heterocycles. The zero-order valence-electron chi connectivity index (χ0n) is 19.4. The highest BCUT2D eigenvalue weighted by Crippen LogP contribution is 2.46. The molecular weight excluding hydrogens is 442 g/mol. The Balaban J connectivity index is 1.30. The second-order valence-electron chi connectivity index (χ2n) is 9.41. The summed E-state index contributed by atoms with van der Waals surface area (Å²) in [6, 6.07) is 20.8. The molecule has 0 radical (unpaired) electrons. The summed E-state index contributed by atoms with van der Waals surface area (Å²) in [6.07, 6.45) is 3.18. The molecule has 2 amide bonds. The fourth-order valence-electron chi connectivity index (χ4n) is 5.47. The number of para-hydroxylation sites is 2. The van der Waals surface area contributed by atoms with Crippen LogP contribution in [0, 0.1) is 5.41 Å². The van der Waals surface area contributed by atoms with E-state index in [-0.39, 0.29) is 17.4 Å². The van der Waals surface area contributed by atoms with Gasteiger partial charge in [0.25, 0.3) is 5.91 Å². The summed E-state index contributed by atoms with van der Waals surface area (Å²) >= 11 is 0. The van der Waals surface area contributed by atoms with Gasteiger partial charge in [0.15, 0.2) is 0 Å². The number of hydrogen-bond acceptors (Lipinski definition) is 5. The number of anilines is 3. The van der Waals surface area contributed by atoms with Gasteiger partial charge in [0.05, 0.1) is 16.9 Å². The molecule has 0 bridgehead atoms. The summed E-state index contributed by atoms with van der Waals surface area (Å²) in [6.45, 7) is 2.10. The molecule has 0 aliphatic carbocycles. The Morgan fingerprint density at radius 3 is 2.49 bits per heavy atom. The van der Waals surface area contributed by atoms with E-state index < -0.39 is 6.09 Å². The van der Waals surface area contributed by atoms with Crippen LogP contribution >= 0.6 is 0 Å². The number of benzene rings is 2. The minimum atomic E-state index is -0.853. The predicted octanol–water partition coefficient (Wildman–Crippen LogP) is 4.11. The molecule has 2 aliphatic rings. The van der Waals surface area contributed by atoms with Gasteiger partial charge in [0.2, 0.25) is 0 Å². The van der Waals surface area contributed by atoms with Gasteiger partial charge in [-0.15, -0.1) is 0 Å². The number of aromatic nitrogens is 1. The van der Waals surface area contributed by atoms with Gasteiger partial charge in [0.1, 0.15) is 5.82 Å². The molecule has 2 unspecified atom stereocenters. The third-order valence-electron chi connectivity index (χ3n) is 7.38. The van der Waals surface area contributed by atoms with Gasteiger partial charge in [-0.05, 0) is 49.1 Å². The van der Waals surface area contributed by atoms with Crippen LogP contribution in [0.25, 0.3) is 0 Å². The van der Waals surface area contributed by atoms with Crippen molar-refractivity contribution in [2.45, 2.75) is 25.3 Å². The van der Waals surface area contributed by atoms with E-state index in [9.17, 15) is 14.7 Å². The first-order valence-corrected chi connectivity index (χ1v) is 11.9. The molecule has 2 atom stereocenters. The Kier molecular flexibility index (Phi) is 6.03. The van der Waals surface area contributed by atoms with Crippen LogP contribution in [0.5, 0.6) is 0 Å². The van der Waals surface area contributed by atoms with Crippen molar-refractivity contribution in [3.05, 3.63) is 84.1 Å². The van der Waals surface area contributed by atoms with E-state index in [1.807, 2.05) is 36.4 Å². The molecule has 5 rings (SSSR count). The fourth-order valence-corrected chi connectivity index (χ4v) is 5.47. The second-order valence-corrected chi connectivity index (χ2v) is 9.41. The van der Waals surface area contributed by atoms with Crippen molar-refractivity contribution in [1.29, 1.82) is 0 Å². The maximum atomic E-state index is 12.6. The van der Waals surface area contributed by atoms with E-state index in [4.69, 9.17) is 5.73 Å². The molecular formula is C27H29N5O3. The number of carboxylic acid groups (broad SMARTS) is 1. The van der Waals surface area contributed by atoms with E-state index in [2.05, 4.69) is 27.3 Å². The van der Waals surface area contributed by atoms with Crippen molar-refractivity contribution in [1.82, 2.24) is 9.88 Å². The molecule has 8 nitrogen and oxygen atoms in total. The Hall–Kier alpha value is -4.07. The van der Waals surface area contributed by atoms with Crippen molar-refractivity contribution in [3.8, 4) is 0 Å². The quantitative estimate of drug-likeness (QED) is 0.483. The Bertz CT molecular complexity index is 1220. The van der Waals surface area contributed by atoms with Crippen LogP contribution in [-0.2, 0) is 6.42 Å². The highest BCUT2D eigenvalue weighted by atomic mass is 16.4. The van der Waals surface area contributed by atoms with Gasteiger partial charge in [-0.3, -0.25) is 4.79 Å². The minimum Gasteiger partial charge on any atom is -0.465 e. The van der Waals surface area contributed by atoms with Gasteiger partial charge in [-0.2, -0.15) is 0 Å². The molecule has 2 fully saturated rings. The van der Waals surface area contributed by atoms with Crippen LogP contribution in [0.4, 0.5) is 22.0 Å². The monoisotopic (exact) mass is 471 g/mol. The van der Waals surface area contributed by atoms with Crippen LogP contribution in [0.15, 0.2) is 72.9 Å². The third-order valence-corrected chi connectivity index (χ3v) is 7.38. The van der Waals surface area contributed by atoms with Gasteiger partial charge in [-0.1, -0.05) is 42.5 Å². The lowest BCUT2D eigenvalue weighted by molar-refractivity contribution is 0.102. The van der Waals surface area contributed by atoms with Crippen LogP contribution < -0.4 is 16.0 Å². The molecule has 2 aliphatic heterocycles. The molecule has 0 saturated carbocycles. The van der Waals surface area contributed by atoms with E-state index in [1.54, 1.807) is 29.3 Å². The first-order chi connectivity index (χ1) is 16.9. The third kappa shape index (κ3) is 4.51. The highest BCUT2D eigenvalue weighted by molar-refractivity contribution is 6.05. The topological polar surface area (TPSA) is 112 Å². The molecule has 8 heteroatoms. The van der Waals surface area contributed by atoms with Crippen molar-refractivity contribution in [2.24, 2.45) is 5.41 Å². The standard InChI is InChI=1S/C27H29N5O3/c28-21-8-4-5-9-22(21)30-25(33)20-10-11-24(29-17-20)31-14-12-27(18-31)13-15-32(26(34)35)23(27)16-19-6-2-1-3-7-19/h1-11,17,23H,12-16,18,28H2,(H,30,33)(H,34,35). The lowest BCUT2D eigenvalue weighted by Gasteiger charge is -2.34. The predicted molar refractivity (Wildman–Crippen MR) is 136 cm³/mol. The normalized spacial score (nSPS) is 21.4. The lowest BCUT2D eigenvalue weighted by atomic mass is 9.77. The maximum Gasteiger partial charge on any atom is 0.407 e. The molecule has 2 aromatic carbocycles. The molecule has 3 aromatic rings. The van der Waals surface area contributed by atoms with Crippen molar-refractivity contribution in [2.75, 3.05) is 35.6 Å². The summed E-state index contributed by atoms with van der Waals surface area (Å²) in [7, 11) is 0. The Morgan fingerprint density at radius 1 is 1.03 bits per heavy atom. The summed E-state index contributed by atoms with van der Waals surface area (Å²) < 4.78 is 0. The average Bonchev–Trinajstić information content (AvgIpc) is 3.46. The van der Waals surface area contributed by atoms with Crippen LogP contribution in [0.3, 0.4) is 0 Å². The van der Waals surface area contributed by atoms with Crippen LogP contribution in [0.2, 0.25) is 0 Å². The number of nitrogens with two attached hydrogens (primary N) is 1. The van der Waals surface area contributed by atoms with E-state index in [0.29, 0.717) is 29.9 Å². The smallest absolute Gasteiger partial charge is 0.407 e. The zero-order valence-corrected chi connectivity index (χ0v) is 19.4. The maximum absolute atomic E-state index is 12.6. The number of hydrogen-bond donors (Lipinski definition) is 3. The fraction of sp³-hybridized carbons (Fsp3) is 0.296. The average molecular weight is 472 g/mol. The van der Waals surface area contributed by atoms with Gasteiger partial charge in [-0.25, -0.2) is 9.78 Å². The molecule has 1 spiro atoms. The van der Waals surface area contributed by atoms with Gasteiger partial charge >= 0.3 is 6.09 Å². The molecule has 4 N–H and O–H groups in total. The summed E-state index contributed by atoms with van der Waals surface area (Å²) in [5.41, 5.74) is 8.48. The zero-order chi connectivity index (χ0) is 24.4. The van der Waals surface area contributed by atoms with E-state index in [1.165, 1.54) is 0 Å². The summed E-state index contributed by atoms with van der Waals surface area (Å²) in [5.74, 6) is 0.528. The van der Waals surface area contributed by atoms with E-state index in [0.717, 1.165) is 37.3 Å². The number of pyridine rings is 1. The summed E-state index contributed by atoms with van der Waals surface area (Å²) in [4.78, 5) is 33.0. The first-order valence-electron chi connectivity index (χ1n) is 11.9. The molecule has 180 valence electrons. The van der Waals surface area contributed by atoms with Crippen molar-refractivity contribution in [3.63, 3.8) is 0 Å². The number of likely N-dealkylation sites (tertiary alicyclic amines) is 1. The number of carbonyl (C=O) groups excluding carboxylic acids is 1. The number of rotatable bonds is 5. The Morgan fingerprint density at radius 2 is 1.77 bits per heavy atom.